The highest BCUT2D eigenvalue weighted by atomic mass is 35.5. The van der Waals surface area contributed by atoms with Gasteiger partial charge in [-0.1, -0.05) is 11.6 Å². The molecule has 5 nitrogen and oxygen atoms in total. The Balaban J connectivity index is 1.39. The minimum absolute atomic E-state index is 0.139. The van der Waals surface area contributed by atoms with Crippen LogP contribution < -0.4 is 0 Å². The molecule has 1 atom stereocenters. The van der Waals surface area contributed by atoms with Crippen molar-refractivity contribution >= 4 is 17.5 Å². The predicted octanol–water partition coefficient (Wildman–Crippen LogP) is 4.69. The average molecular weight is 382 g/mol. The first-order chi connectivity index (χ1) is 13.2. The lowest BCUT2D eigenvalue weighted by atomic mass is 10.1. The Morgan fingerprint density at radius 3 is 2.74 bits per heavy atom. The summed E-state index contributed by atoms with van der Waals surface area (Å²) in [7, 11) is 0. The van der Waals surface area contributed by atoms with Crippen LogP contribution in [0.25, 0.3) is 11.3 Å². The number of halogens is 1. The maximum atomic E-state index is 12.7. The summed E-state index contributed by atoms with van der Waals surface area (Å²) in [5, 5.41) is 0.679. The first kappa shape index (κ1) is 17.7. The second kappa shape index (κ2) is 7.92. The number of carbonyl (C=O) groups excluding carboxylic acids is 1. The zero-order chi connectivity index (χ0) is 18.6. The number of carbonyl (C=O) groups is 1. The first-order valence-electron chi connectivity index (χ1n) is 9.11. The third-order valence-electron chi connectivity index (χ3n) is 4.90. The van der Waals surface area contributed by atoms with Crippen molar-refractivity contribution in [1.29, 1.82) is 0 Å². The smallest absolute Gasteiger partial charge is 0.223 e. The number of oxazole rings is 1. The number of hydrogen-bond donors (Lipinski definition) is 0. The van der Waals surface area contributed by atoms with Crippen LogP contribution in [0.2, 0.25) is 5.02 Å². The van der Waals surface area contributed by atoms with Crippen molar-refractivity contribution in [3.05, 3.63) is 71.5 Å². The van der Waals surface area contributed by atoms with E-state index >= 15 is 0 Å². The molecule has 6 heteroatoms. The summed E-state index contributed by atoms with van der Waals surface area (Å²) >= 11 is 5.92. The number of nitrogens with zero attached hydrogens (tertiary/aromatic N) is 3. The Morgan fingerprint density at radius 2 is 1.96 bits per heavy atom. The molecule has 0 spiro atoms. The van der Waals surface area contributed by atoms with Gasteiger partial charge < -0.3 is 9.32 Å². The monoisotopic (exact) mass is 381 g/mol. The van der Waals surface area contributed by atoms with Crippen LogP contribution in [0.5, 0.6) is 0 Å². The summed E-state index contributed by atoms with van der Waals surface area (Å²) < 4.78 is 5.80. The Bertz CT molecular complexity index is 909. The highest BCUT2D eigenvalue weighted by Crippen LogP contribution is 2.32. The van der Waals surface area contributed by atoms with Gasteiger partial charge in [0.1, 0.15) is 0 Å². The van der Waals surface area contributed by atoms with E-state index in [1.54, 1.807) is 18.6 Å². The average Bonchev–Trinajstić information content (AvgIpc) is 3.37. The number of aryl methyl sites for hydroxylation is 1. The zero-order valence-electron chi connectivity index (χ0n) is 14.8. The van der Waals surface area contributed by atoms with E-state index in [1.165, 1.54) is 0 Å². The van der Waals surface area contributed by atoms with Crippen LogP contribution in [-0.4, -0.2) is 27.3 Å². The topological polar surface area (TPSA) is 59.2 Å². The quantitative estimate of drug-likeness (QED) is 0.643. The highest BCUT2D eigenvalue weighted by molar-refractivity contribution is 6.30. The second-order valence-corrected chi connectivity index (χ2v) is 7.09. The van der Waals surface area contributed by atoms with Crippen LogP contribution in [0, 0.1) is 0 Å². The number of hydrogen-bond acceptors (Lipinski definition) is 4. The van der Waals surface area contributed by atoms with E-state index in [1.807, 2.05) is 41.3 Å². The van der Waals surface area contributed by atoms with Crippen molar-refractivity contribution in [2.24, 2.45) is 0 Å². The summed E-state index contributed by atoms with van der Waals surface area (Å²) in [4.78, 5) is 23.1. The third-order valence-corrected chi connectivity index (χ3v) is 5.15. The minimum atomic E-state index is 0.139. The van der Waals surface area contributed by atoms with Crippen LogP contribution >= 0.6 is 11.6 Å². The van der Waals surface area contributed by atoms with Gasteiger partial charge in [-0.05, 0) is 54.8 Å². The van der Waals surface area contributed by atoms with Gasteiger partial charge in [-0.2, -0.15) is 0 Å². The standard InChI is InChI=1S/C21H20ClN3O2/c22-17-5-3-16(4-6-17)19-14-24-20(27-19)7-8-21(26)25-13-1-2-18(25)15-9-11-23-12-10-15/h3-6,9-12,14,18H,1-2,7-8,13H2. The van der Waals surface area contributed by atoms with Crippen LogP contribution in [0.15, 0.2) is 59.4 Å². The molecule has 1 unspecified atom stereocenters. The van der Waals surface area contributed by atoms with E-state index in [2.05, 4.69) is 9.97 Å². The fraction of sp³-hybridized carbons (Fsp3) is 0.286. The van der Waals surface area contributed by atoms with Gasteiger partial charge >= 0.3 is 0 Å². The van der Waals surface area contributed by atoms with Gasteiger partial charge in [0.05, 0.1) is 12.2 Å². The fourth-order valence-corrected chi connectivity index (χ4v) is 3.65. The number of benzene rings is 1. The molecule has 0 radical (unpaired) electrons. The lowest BCUT2D eigenvalue weighted by molar-refractivity contribution is -0.132. The van der Waals surface area contributed by atoms with Crippen molar-refractivity contribution in [3.63, 3.8) is 0 Å². The Labute approximate surface area is 163 Å². The van der Waals surface area contributed by atoms with E-state index in [0.29, 0.717) is 29.5 Å². The molecule has 0 aliphatic carbocycles. The summed E-state index contributed by atoms with van der Waals surface area (Å²) in [5.74, 6) is 1.40. The molecule has 1 amide bonds. The third kappa shape index (κ3) is 4.03. The molecule has 0 saturated carbocycles. The number of aromatic nitrogens is 2. The van der Waals surface area contributed by atoms with E-state index in [0.717, 1.165) is 30.5 Å². The molecule has 2 aromatic heterocycles. The van der Waals surface area contributed by atoms with E-state index in [-0.39, 0.29) is 11.9 Å². The summed E-state index contributed by atoms with van der Waals surface area (Å²) in [6.45, 7) is 0.799. The van der Waals surface area contributed by atoms with E-state index in [9.17, 15) is 4.79 Å². The van der Waals surface area contributed by atoms with Crippen molar-refractivity contribution in [2.45, 2.75) is 31.7 Å². The van der Waals surface area contributed by atoms with Gasteiger partial charge in [-0.15, -0.1) is 0 Å². The van der Waals surface area contributed by atoms with E-state index < -0.39 is 0 Å². The van der Waals surface area contributed by atoms with Crippen LogP contribution in [0.1, 0.15) is 36.8 Å². The van der Waals surface area contributed by atoms with Gasteiger partial charge in [0.15, 0.2) is 11.7 Å². The SMILES string of the molecule is O=C(CCc1ncc(-c2ccc(Cl)cc2)o1)N1CCCC1c1ccncc1. The van der Waals surface area contributed by atoms with Crippen LogP contribution in [0.3, 0.4) is 0 Å². The van der Waals surface area contributed by atoms with Gasteiger partial charge in [0, 0.05) is 42.4 Å². The molecule has 3 aromatic rings. The molecule has 27 heavy (non-hydrogen) atoms. The van der Waals surface area contributed by atoms with Gasteiger partial charge in [0.25, 0.3) is 0 Å². The van der Waals surface area contributed by atoms with E-state index in [4.69, 9.17) is 16.0 Å². The molecule has 1 aliphatic rings. The van der Waals surface area contributed by atoms with Gasteiger partial charge in [0.2, 0.25) is 5.91 Å². The van der Waals surface area contributed by atoms with Crippen molar-refractivity contribution in [3.8, 4) is 11.3 Å². The molecule has 0 N–H and O–H groups in total. The van der Waals surface area contributed by atoms with Crippen molar-refractivity contribution in [1.82, 2.24) is 14.9 Å². The lowest BCUT2D eigenvalue weighted by Crippen LogP contribution is -2.30. The number of amides is 1. The predicted molar refractivity (Wildman–Crippen MR) is 103 cm³/mol. The maximum absolute atomic E-state index is 12.7. The normalized spacial score (nSPS) is 16.6. The fourth-order valence-electron chi connectivity index (χ4n) is 3.53. The largest absolute Gasteiger partial charge is 0.441 e. The van der Waals surface area contributed by atoms with Crippen LogP contribution in [0.4, 0.5) is 0 Å². The Morgan fingerprint density at radius 1 is 1.19 bits per heavy atom. The summed E-state index contributed by atoms with van der Waals surface area (Å²) in [6, 6.07) is 11.5. The zero-order valence-corrected chi connectivity index (χ0v) is 15.6. The highest BCUT2D eigenvalue weighted by Gasteiger charge is 2.29. The number of likely N-dealkylation sites (tertiary alicyclic amines) is 1. The first-order valence-corrected chi connectivity index (χ1v) is 9.48. The molecular formula is C21H20ClN3O2. The Hall–Kier alpha value is -2.66. The molecule has 3 heterocycles. The molecule has 0 bridgehead atoms. The molecule has 1 aromatic carbocycles. The van der Waals surface area contributed by atoms with Crippen LogP contribution in [-0.2, 0) is 11.2 Å². The number of rotatable bonds is 5. The van der Waals surface area contributed by atoms with Crippen molar-refractivity contribution in [2.75, 3.05) is 6.54 Å². The Kier molecular flexibility index (Phi) is 5.21. The van der Waals surface area contributed by atoms with Crippen molar-refractivity contribution < 1.29 is 9.21 Å². The molecule has 1 fully saturated rings. The molecule has 1 saturated heterocycles. The number of pyridine rings is 1. The maximum Gasteiger partial charge on any atom is 0.223 e. The molecule has 4 rings (SSSR count). The molecule has 138 valence electrons. The van der Waals surface area contributed by atoms with Gasteiger partial charge in [-0.3, -0.25) is 9.78 Å². The summed E-state index contributed by atoms with van der Waals surface area (Å²) in [5.41, 5.74) is 2.07. The second-order valence-electron chi connectivity index (χ2n) is 6.65. The molecular weight excluding hydrogens is 362 g/mol. The minimum Gasteiger partial charge on any atom is -0.441 e. The van der Waals surface area contributed by atoms with Gasteiger partial charge in [-0.25, -0.2) is 4.98 Å². The molecule has 1 aliphatic heterocycles. The summed E-state index contributed by atoms with van der Waals surface area (Å²) in [6.07, 6.45) is 8.16. The lowest BCUT2D eigenvalue weighted by Gasteiger charge is -2.24.